The fourth-order valence-electron chi connectivity index (χ4n) is 1.32. The summed E-state index contributed by atoms with van der Waals surface area (Å²) < 4.78 is 0. The van der Waals surface area contributed by atoms with Gasteiger partial charge in [-0.2, -0.15) is 23.5 Å². The van der Waals surface area contributed by atoms with Crippen molar-refractivity contribution in [1.82, 2.24) is 0 Å². The Morgan fingerprint density at radius 3 is 1.69 bits per heavy atom. The lowest BCUT2D eigenvalue weighted by molar-refractivity contribution is 0.0412. The molecule has 0 aromatic carbocycles. The summed E-state index contributed by atoms with van der Waals surface area (Å²) in [5, 5.41) is 9.95. The fraction of sp³-hybridized carbons (Fsp3) is 1.00. The third-order valence-electron chi connectivity index (χ3n) is 2.13. The molecule has 0 aliphatic rings. The SMILES string of the molecule is CSCCCC(C)(O)CCCSC. The molecule has 0 rings (SSSR count). The van der Waals surface area contributed by atoms with E-state index in [0.29, 0.717) is 0 Å². The average molecular weight is 222 g/mol. The number of aliphatic hydroxyl groups is 1. The zero-order chi connectivity index (χ0) is 10.2. The Balaban J connectivity index is 3.42. The molecule has 80 valence electrons. The van der Waals surface area contributed by atoms with Gasteiger partial charge in [-0.15, -0.1) is 0 Å². The van der Waals surface area contributed by atoms with Gasteiger partial charge in [-0.25, -0.2) is 0 Å². The molecule has 0 saturated carbocycles. The maximum absolute atomic E-state index is 9.95. The molecule has 0 aliphatic carbocycles. The molecule has 0 unspecified atom stereocenters. The van der Waals surface area contributed by atoms with E-state index in [0.717, 1.165) is 25.7 Å². The van der Waals surface area contributed by atoms with E-state index in [1.54, 1.807) is 0 Å². The monoisotopic (exact) mass is 222 g/mol. The highest BCUT2D eigenvalue weighted by Crippen LogP contribution is 2.20. The van der Waals surface area contributed by atoms with E-state index in [9.17, 15) is 5.11 Å². The maximum atomic E-state index is 9.95. The Morgan fingerprint density at radius 1 is 1.00 bits per heavy atom. The second kappa shape index (κ2) is 8.01. The molecule has 0 radical (unpaired) electrons. The lowest BCUT2D eigenvalue weighted by Crippen LogP contribution is -2.24. The average Bonchev–Trinajstić information content (AvgIpc) is 2.05. The van der Waals surface area contributed by atoms with Crippen molar-refractivity contribution in [3.8, 4) is 0 Å². The molecule has 0 atom stereocenters. The summed E-state index contributed by atoms with van der Waals surface area (Å²) in [5.74, 6) is 2.33. The van der Waals surface area contributed by atoms with Crippen molar-refractivity contribution in [3.63, 3.8) is 0 Å². The van der Waals surface area contributed by atoms with Crippen LogP contribution in [0.4, 0.5) is 0 Å². The molecule has 0 aromatic heterocycles. The van der Waals surface area contributed by atoms with Crippen molar-refractivity contribution >= 4 is 23.5 Å². The van der Waals surface area contributed by atoms with Crippen LogP contribution in [0.1, 0.15) is 32.6 Å². The molecule has 3 heteroatoms. The maximum Gasteiger partial charge on any atom is 0.0620 e. The molecule has 1 N–H and O–H groups in total. The Bertz CT molecular complexity index is 103. The van der Waals surface area contributed by atoms with Gasteiger partial charge in [0.1, 0.15) is 0 Å². The van der Waals surface area contributed by atoms with Crippen LogP contribution in [0.5, 0.6) is 0 Å². The topological polar surface area (TPSA) is 20.2 Å². The summed E-state index contributed by atoms with van der Waals surface area (Å²) in [6.07, 6.45) is 8.39. The quantitative estimate of drug-likeness (QED) is 0.638. The number of hydrogen-bond donors (Lipinski definition) is 1. The van der Waals surface area contributed by atoms with Gasteiger partial charge in [-0.3, -0.25) is 0 Å². The van der Waals surface area contributed by atoms with Crippen LogP contribution in [0.2, 0.25) is 0 Å². The van der Waals surface area contributed by atoms with Crippen LogP contribution < -0.4 is 0 Å². The summed E-state index contributed by atoms with van der Waals surface area (Å²) >= 11 is 3.71. The second-order valence-electron chi connectivity index (χ2n) is 3.69. The molecule has 0 spiro atoms. The summed E-state index contributed by atoms with van der Waals surface area (Å²) in [5.41, 5.74) is -0.425. The first kappa shape index (κ1) is 13.7. The third-order valence-corrected chi connectivity index (χ3v) is 3.52. The Hall–Kier alpha value is 0.660. The van der Waals surface area contributed by atoms with Gasteiger partial charge in [0.25, 0.3) is 0 Å². The molecule has 0 bridgehead atoms. The Labute approximate surface area is 91.1 Å². The molecule has 0 saturated heterocycles. The minimum atomic E-state index is -0.425. The Morgan fingerprint density at radius 2 is 1.38 bits per heavy atom. The molecule has 0 amide bonds. The molecule has 0 aromatic rings. The fourth-order valence-corrected chi connectivity index (χ4v) is 2.19. The standard InChI is InChI=1S/C10H22OS2/c1-10(11,6-4-8-12-2)7-5-9-13-3/h11H,4-9H2,1-3H3. The van der Waals surface area contributed by atoms with E-state index >= 15 is 0 Å². The van der Waals surface area contributed by atoms with Crippen molar-refractivity contribution in [3.05, 3.63) is 0 Å². The number of hydrogen-bond acceptors (Lipinski definition) is 3. The van der Waals surface area contributed by atoms with Crippen molar-refractivity contribution < 1.29 is 5.11 Å². The number of thioether (sulfide) groups is 2. The smallest absolute Gasteiger partial charge is 0.0620 e. The van der Waals surface area contributed by atoms with E-state index in [2.05, 4.69) is 12.5 Å². The van der Waals surface area contributed by atoms with Crippen LogP contribution in [-0.4, -0.2) is 34.7 Å². The van der Waals surface area contributed by atoms with Gasteiger partial charge in [0.05, 0.1) is 5.60 Å². The first-order valence-corrected chi connectivity index (χ1v) is 7.61. The van der Waals surface area contributed by atoms with Gasteiger partial charge in [-0.1, -0.05) is 0 Å². The predicted octanol–water partition coefficient (Wildman–Crippen LogP) is 3.02. The van der Waals surface area contributed by atoms with Crippen molar-refractivity contribution in [2.75, 3.05) is 24.0 Å². The van der Waals surface area contributed by atoms with Crippen LogP contribution in [0.15, 0.2) is 0 Å². The van der Waals surface area contributed by atoms with Crippen LogP contribution >= 0.6 is 23.5 Å². The highest BCUT2D eigenvalue weighted by atomic mass is 32.2. The van der Waals surface area contributed by atoms with Crippen LogP contribution in [-0.2, 0) is 0 Å². The van der Waals surface area contributed by atoms with Crippen LogP contribution in [0.25, 0.3) is 0 Å². The largest absolute Gasteiger partial charge is 0.390 e. The van der Waals surface area contributed by atoms with E-state index in [1.165, 1.54) is 11.5 Å². The summed E-state index contributed by atoms with van der Waals surface area (Å²) in [7, 11) is 0. The zero-order valence-electron chi connectivity index (χ0n) is 9.01. The van der Waals surface area contributed by atoms with Crippen LogP contribution in [0, 0.1) is 0 Å². The van der Waals surface area contributed by atoms with E-state index in [4.69, 9.17) is 0 Å². The third kappa shape index (κ3) is 8.98. The van der Waals surface area contributed by atoms with E-state index in [-0.39, 0.29) is 0 Å². The van der Waals surface area contributed by atoms with E-state index in [1.807, 2.05) is 30.4 Å². The molecule has 0 heterocycles. The van der Waals surface area contributed by atoms with Gasteiger partial charge in [0, 0.05) is 0 Å². The molecule has 0 aliphatic heterocycles. The second-order valence-corrected chi connectivity index (χ2v) is 5.66. The normalized spacial score (nSPS) is 12.0. The van der Waals surface area contributed by atoms with Crippen molar-refractivity contribution in [1.29, 1.82) is 0 Å². The van der Waals surface area contributed by atoms with Gasteiger partial charge in [0.15, 0.2) is 0 Å². The van der Waals surface area contributed by atoms with Crippen molar-refractivity contribution in [2.45, 2.75) is 38.2 Å². The predicted molar refractivity (Wildman–Crippen MR) is 65.9 cm³/mol. The summed E-state index contributed by atoms with van der Waals surface area (Å²) in [4.78, 5) is 0. The Kier molecular flexibility index (Phi) is 8.42. The zero-order valence-corrected chi connectivity index (χ0v) is 10.6. The highest BCUT2D eigenvalue weighted by molar-refractivity contribution is 7.98. The van der Waals surface area contributed by atoms with Crippen molar-refractivity contribution in [2.24, 2.45) is 0 Å². The van der Waals surface area contributed by atoms with Gasteiger partial charge in [0.2, 0.25) is 0 Å². The summed E-state index contributed by atoms with van der Waals surface area (Å²) in [6, 6.07) is 0. The molecular weight excluding hydrogens is 200 g/mol. The van der Waals surface area contributed by atoms with Gasteiger partial charge in [-0.05, 0) is 56.6 Å². The molecular formula is C10H22OS2. The molecule has 13 heavy (non-hydrogen) atoms. The summed E-state index contributed by atoms with van der Waals surface area (Å²) in [6.45, 7) is 1.97. The lowest BCUT2D eigenvalue weighted by atomic mass is 9.95. The molecule has 0 fully saturated rings. The van der Waals surface area contributed by atoms with Gasteiger partial charge >= 0.3 is 0 Å². The first-order valence-electron chi connectivity index (χ1n) is 4.82. The minimum Gasteiger partial charge on any atom is -0.390 e. The van der Waals surface area contributed by atoms with Crippen LogP contribution in [0.3, 0.4) is 0 Å². The van der Waals surface area contributed by atoms with Gasteiger partial charge < -0.3 is 5.11 Å². The highest BCUT2D eigenvalue weighted by Gasteiger charge is 2.18. The minimum absolute atomic E-state index is 0.425. The lowest BCUT2D eigenvalue weighted by Gasteiger charge is -2.22. The first-order chi connectivity index (χ1) is 6.12. The van der Waals surface area contributed by atoms with E-state index < -0.39 is 5.60 Å². The number of rotatable bonds is 8. The molecule has 1 nitrogen and oxygen atoms in total.